The zero-order valence-corrected chi connectivity index (χ0v) is 8.94. The summed E-state index contributed by atoms with van der Waals surface area (Å²) in [6.45, 7) is 4.95. The van der Waals surface area contributed by atoms with Gasteiger partial charge in [-0.05, 0) is 5.92 Å². The quantitative estimate of drug-likeness (QED) is 0.694. The monoisotopic (exact) mass is 198 g/mol. The molecule has 0 spiro atoms. The first-order valence-electron chi connectivity index (χ1n) is 4.83. The summed E-state index contributed by atoms with van der Waals surface area (Å²) in [6, 6.07) is 0.122. The molecular formula is C9H18N4O. The predicted molar refractivity (Wildman–Crippen MR) is 53.6 cm³/mol. The molecule has 1 heterocycles. The maximum absolute atomic E-state index is 9.08. The van der Waals surface area contributed by atoms with Crippen LogP contribution in [0.4, 0.5) is 0 Å². The van der Waals surface area contributed by atoms with Gasteiger partial charge in [-0.15, -0.1) is 5.10 Å². The number of aryl methyl sites for hydroxylation is 1. The Kier molecular flexibility index (Phi) is 4.03. The van der Waals surface area contributed by atoms with Gasteiger partial charge < -0.3 is 10.4 Å². The highest BCUT2D eigenvalue weighted by atomic mass is 16.3. The predicted octanol–water partition coefficient (Wildman–Crippen LogP) is -0.0784. The summed E-state index contributed by atoms with van der Waals surface area (Å²) in [6.07, 6.45) is 1.86. The third-order valence-corrected chi connectivity index (χ3v) is 2.20. The van der Waals surface area contributed by atoms with Crippen LogP contribution in [0.3, 0.4) is 0 Å². The van der Waals surface area contributed by atoms with Crippen molar-refractivity contribution in [2.24, 2.45) is 13.0 Å². The van der Waals surface area contributed by atoms with E-state index >= 15 is 0 Å². The highest BCUT2D eigenvalue weighted by Gasteiger charge is 2.11. The van der Waals surface area contributed by atoms with E-state index in [4.69, 9.17) is 5.11 Å². The molecule has 0 bridgehead atoms. The minimum absolute atomic E-state index is 0.122. The summed E-state index contributed by atoms with van der Waals surface area (Å²) in [7, 11) is 1.84. The normalized spacial score (nSPS) is 13.5. The first-order chi connectivity index (χ1) is 6.63. The third kappa shape index (κ3) is 3.08. The van der Waals surface area contributed by atoms with E-state index < -0.39 is 0 Å². The van der Waals surface area contributed by atoms with Gasteiger partial charge in [0.2, 0.25) is 0 Å². The molecule has 1 rings (SSSR count). The minimum atomic E-state index is 0.122. The molecule has 0 saturated heterocycles. The van der Waals surface area contributed by atoms with Crippen LogP contribution in [0.15, 0.2) is 6.20 Å². The molecule has 1 atom stereocenters. The Bertz CT molecular complexity index is 272. The second-order valence-electron chi connectivity index (χ2n) is 3.80. The lowest BCUT2D eigenvalue weighted by atomic mass is 10.1. The average molecular weight is 198 g/mol. The van der Waals surface area contributed by atoms with Crippen molar-refractivity contribution in [3.63, 3.8) is 0 Å². The molecule has 1 aromatic heterocycles. The van der Waals surface area contributed by atoms with Gasteiger partial charge >= 0.3 is 0 Å². The van der Waals surface area contributed by atoms with Gasteiger partial charge in [-0.2, -0.15) is 0 Å². The van der Waals surface area contributed by atoms with E-state index in [-0.39, 0.29) is 12.6 Å². The number of hydrogen-bond acceptors (Lipinski definition) is 4. The lowest BCUT2D eigenvalue weighted by Crippen LogP contribution is -2.36. The minimum Gasteiger partial charge on any atom is -0.395 e. The third-order valence-electron chi connectivity index (χ3n) is 2.20. The van der Waals surface area contributed by atoms with Crippen LogP contribution in [-0.2, 0) is 13.6 Å². The number of aliphatic hydroxyl groups is 1. The van der Waals surface area contributed by atoms with E-state index in [1.54, 1.807) is 4.68 Å². The summed E-state index contributed by atoms with van der Waals surface area (Å²) in [5, 5.41) is 20.1. The fourth-order valence-corrected chi connectivity index (χ4v) is 1.22. The largest absolute Gasteiger partial charge is 0.395 e. The Hall–Kier alpha value is -0.940. The first kappa shape index (κ1) is 11.1. The molecule has 0 aliphatic carbocycles. The number of hydrogen-bond donors (Lipinski definition) is 2. The van der Waals surface area contributed by atoms with Gasteiger partial charge in [0.1, 0.15) is 0 Å². The van der Waals surface area contributed by atoms with Crippen LogP contribution in [0.5, 0.6) is 0 Å². The van der Waals surface area contributed by atoms with E-state index in [9.17, 15) is 0 Å². The smallest absolute Gasteiger partial charge is 0.0964 e. The van der Waals surface area contributed by atoms with Crippen molar-refractivity contribution in [3.8, 4) is 0 Å². The van der Waals surface area contributed by atoms with E-state index in [1.807, 2.05) is 13.2 Å². The highest BCUT2D eigenvalue weighted by molar-refractivity contribution is 4.91. The zero-order chi connectivity index (χ0) is 10.6. The number of aliphatic hydroxyl groups excluding tert-OH is 1. The molecule has 0 fully saturated rings. The Balaban J connectivity index is 2.39. The maximum atomic E-state index is 9.08. The Morgan fingerprint density at radius 3 is 2.71 bits per heavy atom. The van der Waals surface area contributed by atoms with Crippen LogP contribution in [0.25, 0.3) is 0 Å². The SMILES string of the molecule is CC(C)C(CO)NCc1cn(C)nn1. The average Bonchev–Trinajstić information content (AvgIpc) is 2.52. The summed E-state index contributed by atoms with van der Waals surface area (Å²) >= 11 is 0. The zero-order valence-electron chi connectivity index (χ0n) is 8.94. The van der Waals surface area contributed by atoms with Gasteiger partial charge in [0, 0.05) is 25.8 Å². The topological polar surface area (TPSA) is 63.0 Å². The van der Waals surface area contributed by atoms with Crippen LogP contribution in [-0.4, -0.2) is 32.7 Å². The molecule has 0 aromatic carbocycles. The van der Waals surface area contributed by atoms with Crippen LogP contribution in [0, 0.1) is 5.92 Å². The second kappa shape index (κ2) is 5.07. The van der Waals surface area contributed by atoms with Crippen molar-refractivity contribution in [2.45, 2.75) is 26.4 Å². The van der Waals surface area contributed by atoms with Gasteiger partial charge in [-0.25, -0.2) is 0 Å². The van der Waals surface area contributed by atoms with Crippen molar-refractivity contribution >= 4 is 0 Å². The van der Waals surface area contributed by atoms with E-state index in [0.29, 0.717) is 12.5 Å². The van der Waals surface area contributed by atoms with Crippen molar-refractivity contribution in [3.05, 3.63) is 11.9 Å². The van der Waals surface area contributed by atoms with Crippen molar-refractivity contribution in [2.75, 3.05) is 6.61 Å². The molecule has 2 N–H and O–H groups in total. The molecule has 0 amide bonds. The molecule has 0 saturated carbocycles. The molecule has 1 aromatic rings. The van der Waals surface area contributed by atoms with Crippen LogP contribution >= 0.6 is 0 Å². The number of nitrogens with zero attached hydrogens (tertiary/aromatic N) is 3. The summed E-state index contributed by atoms with van der Waals surface area (Å²) in [4.78, 5) is 0. The Morgan fingerprint density at radius 2 is 2.29 bits per heavy atom. The van der Waals surface area contributed by atoms with Crippen LogP contribution in [0.1, 0.15) is 19.5 Å². The second-order valence-corrected chi connectivity index (χ2v) is 3.80. The van der Waals surface area contributed by atoms with Gasteiger partial charge in [-0.1, -0.05) is 19.1 Å². The lowest BCUT2D eigenvalue weighted by molar-refractivity contribution is 0.209. The fraction of sp³-hybridized carbons (Fsp3) is 0.778. The summed E-state index contributed by atoms with van der Waals surface area (Å²) in [5.41, 5.74) is 0.895. The molecule has 1 unspecified atom stereocenters. The maximum Gasteiger partial charge on any atom is 0.0964 e. The molecule has 0 aliphatic rings. The summed E-state index contributed by atoms with van der Waals surface area (Å²) < 4.78 is 1.67. The highest BCUT2D eigenvalue weighted by Crippen LogP contribution is 2.01. The van der Waals surface area contributed by atoms with Crippen molar-refractivity contribution in [1.29, 1.82) is 0 Å². The molecular weight excluding hydrogens is 180 g/mol. The fourth-order valence-electron chi connectivity index (χ4n) is 1.22. The lowest BCUT2D eigenvalue weighted by Gasteiger charge is -2.18. The molecule has 80 valence electrons. The summed E-state index contributed by atoms with van der Waals surface area (Å²) in [5.74, 6) is 0.414. The van der Waals surface area contributed by atoms with Crippen LogP contribution in [0.2, 0.25) is 0 Å². The first-order valence-corrected chi connectivity index (χ1v) is 4.83. The molecule has 0 radical (unpaired) electrons. The van der Waals surface area contributed by atoms with Crippen molar-refractivity contribution in [1.82, 2.24) is 20.3 Å². The number of aromatic nitrogens is 3. The Morgan fingerprint density at radius 1 is 1.57 bits per heavy atom. The van der Waals surface area contributed by atoms with Crippen molar-refractivity contribution < 1.29 is 5.11 Å². The molecule has 0 aliphatic heterocycles. The van der Waals surface area contributed by atoms with Gasteiger partial charge in [0.05, 0.1) is 12.3 Å². The molecule has 14 heavy (non-hydrogen) atoms. The van der Waals surface area contributed by atoms with Gasteiger partial charge in [0.15, 0.2) is 0 Å². The standard InChI is InChI=1S/C9H18N4O/c1-7(2)9(6-14)10-4-8-5-13(3)12-11-8/h5,7,9-10,14H,4,6H2,1-3H3. The van der Waals surface area contributed by atoms with Gasteiger partial charge in [0.25, 0.3) is 0 Å². The number of nitrogens with one attached hydrogen (secondary N) is 1. The molecule has 5 nitrogen and oxygen atoms in total. The Labute approximate surface area is 84.1 Å². The van der Waals surface area contributed by atoms with Crippen LogP contribution < -0.4 is 5.32 Å². The van der Waals surface area contributed by atoms with E-state index in [2.05, 4.69) is 29.5 Å². The number of rotatable bonds is 5. The van der Waals surface area contributed by atoms with E-state index in [0.717, 1.165) is 5.69 Å². The van der Waals surface area contributed by atoms with E-state index in [1.165, 1.54) is 0 Å². The molecule has 5 heteroatoms. The van der Waals surface area contributed by atoms with Gasteiger partial charge in [-0.3, -0.25) is 4.68 Å².